The Balaban J connectivity index is 1.34. The van der Waals surface area contributed by atoms with Crippen molar-refractivity contribution in [1.82, 2.24) is 15.1 Å². The molecule has 0 radical (unpaired) electrons. The molecule has 146 valence electrons. The molecule has 4 bridgehead atoms. The van der Waals surface area contributed by atoms with Crippen LogP contribution in [0.4, 0.5) is 18.0 Å². The first-order chi connectivity index (χ1) is 12.1. The Morgan fingerprint density at radius 3 is 2.27 bits per heavy atom. The molecule has 9 heteroatoms. The first-order valence-corrected chi connectivity index (χ1v) is 9.30. The van der Waals surface area contributed by atoms with Gasteiger partial charge in [0.1, 0.15) is 13.1 Å². The van der Waals surface area contributed by atoms with Crippen LogP contribution in [0.2, 0.25) is 0 Å². The minimum absolute atomic E-state index is 0.323. The molecule has 0 spiro atoms. The number of hydrogen-bond acceptors (Lipinski definition) is 3. The summed E-state index contributed by atoms with van der Waals surface area (Å²) in [5.74, 6) is 1.64. The average molecular weight is 374 g/mol. The van der Waals surface area contributed by atoms with E-state index in [9.17, 15) is 22.8 Å². The van der Waals surface area contributed by atoms with Crippen molar-refractivity contribution < 1.29 is 22.8 Å². The fourth-order valence-corrected chi connectivity index (χ4v) is 5.78. The fraction of sp³-hybridized carbons (Fsp3) is 0.882. The molecular weight excluding hydrogens is 349 g/mol. The van der Waals surface area contributed by atoms with Crippen molar-refractivity contribution >= 4 is 11.9 Å². The maximum atomic E-state index is 12.5. The van der Waals surface area contributed by atoms with E-state index in [0.29, 0.717) is 23.3 Å². The Labute approximate surface area is 150 Å². The van der Waals surface area contributed by atoms with E-state index in [1.807, 2.05) is 0 Å². The van der Waals surface area contributed by atoms with E-state index in [0.717, 1.165) is 42.4 Å². The second kappa shape index (κ2) is 6.00. The van der Waals surface area contributed by atoms with Crippen LogP contribution in [0, 0.1) is 23.7 Å². The molecule has 3 N–H and O–H groups in total. The number of nitrogens with two attached hydrogens (primary N) is 1. The number of carbonyl (C=O) groups is 2. The van der Waals surface area contributed by atoms with Gasteiger partial charge < -0.3 is 16.0 Å². The number of halogens is 3. The number of rotatable bonds is 3. The molecule has 1 heterocycles. The van der Waals surface area contributed by atoms with Crippen LogP contribution in [-0.4, -0.2) is 59.8 Å². The SMILES string of the molecule is NC1(CNC(=O)N2CC(=O)N(CC(F)(F)F)C2)C2CC3CC(C2)CC1C3. The predicted molar refractivity (Wildman–Crippen MR) is 86.7 cm³/mol. The molecule has 1 saturated heterocycles. The summed E-state index contributed by atoms with van der Waals surface area (Å²) >= 11 is 0. The van der Waals surface area contributed by atoms with Gasteiger partial charge in [0.15, 0.2) is 0 Å². The van der Waals surface area contributed by atoms with Crippen LogP contribution in [0.5, 0.6) is 0 Å². The molecule has 0 aromatic carbocycles. The number of nitrogens with one attached hydrogen (secondary N) is 1. The maximum Gasteiger partial charge on any atom is 0.406 e. The summed E-state index contributed by atoms with van der Waals surface area (Å²) in [6, 6.07) is -0.512. The van der Waals surface area contributed by atoms with Crippen molar-refractivity contribution in [3.05, 3.63) is 0 Å². The van der Waals surface area contributed by atoms with Crippen LogP contribution in [0.25, 0.3) is 0 Å². The summed E-state index contributed by atoms with van der Waals surface area (Å²) in [5, 5.41) is 2.80. The third kappa shape index (κ3) is 3.14. The highest BCUT2D eigenvalue weighted by Crippen LogP contribution is 2.57. The van der Waals surface area contributed by atoms with Crippen molar-refractivity contribution in [2.24, 2.45) is 29.4 Å². The molecule has 0 atom stereocenters. The normalized spacial score (nSPS) is 39.0. The number of carbonyl (C=O) groups excluding carboxylic acids is 2. The molecule has 0 aromatic heterocycles. The fourth-order valence-electron chi connectivity index (χ4n) is 5.78. The summed E-state index contributed by atoms with van der Waals surface area (Å²) in [4.78, 5) is 25.9. The standard InChI is InChI=1S/C17H25F3N4O2/c18-17(19,20)8-24-9-23(6-14(24)25)15(26)22-7-16(21)12-2-10-1-11(4-12)5-13(16)3-10/h10-13H,1-9,21H2,(H,22,26). The lowest BCUT2D eigenvalue weighted by atomic mass is 9.49. The highest BCUT2D eigenvalue weighted by molar-refractivity contribution is 5.87. The second-order valence-electron chi connectivity index (χ2n) is 8.62. The number of amides is 3. The van der Waals surface area contributed by atoms with Gasteiger partial charge in [-0.1, -0.05) is 0 Å². The largest absolute Gasteiger partial charge is 0.406 e. The summed E-state index contributed by atoms with van der Waals surface area (Å²) < 4.78 is 37.5. The van der Waals surface area contributed by atoms with Crippen LogP contribution >= 0.6 is 0 Å². The summed E-state index contributed by atoms with van der Waals surface area (Å²) in [5.41, 5.74) is 6.28. The summed E-state index contributed by atoms with van der Waals surface area (Å²) in [6.07, 6.45) is 1.29. The number of hydrogen-bond donors (Lipinski definition) is 2. The molecule has 4 aliphatic carbocycles. The van der Waals surface area contributed by atoms with E-state index >= 15 is 0 Å². The molecule has 0 aromatic rings. The summed E-state index contributed by atoms with van der Waals surface area (Å²) in [7, 11) is 0. The van der Waals surface area contributed by atoms with Crippen molar-refractivity contribution in [3.8, 4) is 0 Å². The molecular formula is C17H25F3N4O2. The molecule has 6 nitrogen and oxygen atoms in total. The first-order valence-electron chi connectivity index (χ1n) is 9.30. The smallest absolute Gasteiger partial charge is 0.336 e. The number of urea groups is 1. The maximum absolute atomic E-state index is 12.5. The van der Waals surface area contributed by atoms with Crippen LogP contribution in [0.1, 0.15) is 32.1 Å². The molecule has 5 rings (SSSR count). The van der Waals surface area contributed by atoms with Gasteiger partial charge in [-0.3, -0.25) is 9.69 Å². The van der Waals surface area contributed by atoms with Gasteiger partial charge in [-0.2, -0.15) is 13.2 Å². The Hall–Kier alpha value is -1.51. The van der Waals surface area contributed by atoms with Gasteiger partial charge in [-0.15, -0.1) is 0 Å². The monoisotopic (exact) mass is 374 g/mol. The minimum Gasteiger partial charge on any atom is -0.336 e. The third-order valence-corrected chi connectivity index (χ3v) is 6.88. The van der Waals surface area contributed by atoms with Gasteiger partial charge in [0.2, 0.25) is 5.91 Å². The quantitative estimate of drug-likeness (QED) is 0.786. The topological polar surface area (TPSA) is 78.7 Å². The van der Waals surface area contributed by atoms with Gasteiger partial charge in [0.25, 0.3) is 0 Å². The van der Waals surface area contributed by atoms with Crippen LogP contribution < -0.4 is 11.1 Å². The van der Waals surface area contributed by atoms with E-state index in [-0.39, 0.29) is 13.2 Å². The van der Waals surface area contributed by atoms with E-state index in [4.69, 9.17) is 5.73 Å². The molecule has 3 amide bonds. The highest BCUT2D eigenvalue weighted by atomic mass is 19.4. The van der Waals surface area contributed by atoms with Crippen molar-refractivity contribution in [2.75, 3.05) is 26.3 Å². The minimum atomic E-state index is -4.47. The van der Waals surface area contributed by atoms with Crippen LogP contribution in [-0.2, 0) is 4.79 Å². The first kappa shape index (κ1) is 17.9. The molecule has 4 saturated carbocycles. The average Bonchev–Trinajstić information content (AvgIpc) is 2.89. The third-order valence-electron chi connectivity index (χ3n) is 6.88. The van der Waals surface area contributed by atoms with Crippen LogP contribution in [0.15, 0.2) is 0 Å². The lowest BCUT2D eigenvalue weighted by molar-refractivity contribution is -0.157. The van der Waals surface area contributed by atoms with E-state index < -0.39 is 30.2 Å². The molecule has 26 heavy (non-hydrogen) atoms. The highest BCUT2D eigenvalue weighted by Gasteiger charge is 2.55. The van der Waals surface area contributed by atoms with E-state index in [2.05, 4.69) is 5.32 Å². The van der Waals surface area contributed by atoms with Gasteiger partial charge in [-0.05, 0) is 55.8 Å². The Morgan fingerprint density at radius 1 is 1.15 bits per heavy atom. The van der Waals surface area contributed by atoms with Gasteiger partial charge in [-0.25, -0.2) is 4.79 Å². The Morgan fingerprint density at radius 2 is 1.73 bits per heavy atom. The van der Waals surface area contributed by atoms with Gasteiger partial charge in [0.05, 0.1) is 6.67 Å². The Bertz CT molecular complexity index is 581. The zero-order valence-corrected chi connectivity index (χ0v) is 14.6. The van der Waals surface area contributed by atoms with E-state index in [1.54, 1.807) is 0 Å². The van der Waals surface area contributed by atoms with Crippen LogP contribution in [0.3, 0.4) is 0 Å². The Kier molecular flexibility index (Phi) is 4.13. The lowest BCUT2D eigenvalue weighted by Crippen LogP contribution is -2.67. The number of nitrogens with zero attached hydrogens (tertiary/aromatic N) is 2. The zero-order valence-electron chi connectivity index (χ0n) is 14.6. The van der Waals surface area contributed by atoms with Crippen molar-refractivity contribution in [1.29, 1.82) is 0 Å². The van der Waals surface area contributed by atoms with Crippen molar-refractivity contribution in [3.63, 3.8) is 0 Å². The lowest BCUT2D eigenvalue weighted by Gasteiger charge is -2.59. The predicted octanol–water partition coefficient (Wildman–Crippen LogP) is 1.51. The van der Waals surface area contributed by atoms with E-state index in [1.165, 1.54) is 6.42 Å². The molecule has 1 aliphatic heterocycles. The summed E-state index contributed by atoms with van der Waals surface area (Å²) in [6.45, 7) is -1.66. The molecule has 0 unspecified atom stereocenters. The van der Waals surface area contributed by atoms with Gasteiger partial charge in [0, 0.05) is 12.1 Å². The van der Waals surface area contributed by atoms with Crippen molar-refractivity contribution in [2.45, 2.75) is 43.8 Å². The number of alkyl halides is 3. The second-order valence-corrected chi connectivity index (χ2v) is 8.62. The molecule has 5 aliphatic rings. The molecule has 5 fully saturated rings. The zero-order chi connectivity index (χ0) is 18.7. The van der Waals surface area contributed by atoms with Gasteiger partial charge >= 0.3 is 12.2 Å².